The third-order valence-electron chi connectivity index (χ3n) is 4.14. The monoisotopic (exact) mass is 271 g/mol. The Kier molecular flexibility index (Phi) is 4.06. The normalized spacial score (nSPS) is 22.9. The fraction of sp³-hybridized carbons (Fsp3) is 0.929. The minimum atomic E-state index is -1.27. The number of hydrogen-bond donors (Lipinski definition) is 2. The molecule has 0 spiro atoms. The maximum atomic E-state index is 11.8. The summed E-state index contributed by atoms with van der Waals surface area (Å²) in [6, 6.07) is 0. The SMILES string of the molecule is CC(C)(C)OC(=O)N1CC(C(C(O)O)C2CCC2)C1. The molecule has 2 rings (SSSR count). The van der Waals surface area contributed by atoms with Gasteiger partial charge in [-0.1, -0.05) is 6.42 Å². The summed E-state index contributed by atoms with van der Waals surface area (Å²) in [4.78, 5) is 13.5. The lowest BCUT2D eigenvalue weighted by Gasteiger charge is -2.48. The molecule has 5 heteroatoms. The second-order valence-electron chi connectivity index (χ2n) is 6.83. The van der Waals surface area contributed by atoms with E-state index in [1.807, 2.05) is 20.8 Å². The van der Waals surface area contributed by atoms with Crippen molar-refractivity contribution in [2.45, 2.75) is 51.9 Å². The summed E-state index contributed by atoms with van der Waals surface area (Å²) in [5, 5.41) is 19.0. The van der Waals surface area contributed by atoms with Crippen molar-refractivity contribution in [2.24, 2.45) is 17.8 Å². The lowest BCUT2D eigenvalue weighted by molar-refractivity contribution is -0.149. The third kappa shape index (κ3) is 3.39. The largest absolute Gasteiger partial charge is 0.444 e. The summed E-state index contributed by atoms with van der Waals surface area (Å²) in [5.74, 6) is 0.510. The van der Waals surface area contributed by atoms with Crippen molar-refractivity contribution >= 4 is 6.09 Å². The number of aliphatic hydroxyl groups excluding tert-OH is 1. The van der Waals surface area contributed by atoms with Crippen molar-refractivity contribution in [2.75, 3.05) is 13.1 Å². The number of hydrogen-bond acceptors (Lipinski definition) is 4. The van der Waals surface area contributed by atoms with Crippen molar-refractivity contribution in [3.05, 3.63) is 0 Å². The number of carbonyl (C=O) groups is 1. The highest BCUT2D eigenvalue weighted by atomic mass is 16.6. The van der Waals surface area contributed by atoms with Crippen LogP contribution in [0.15, 0.2) is 0 Å². The number of rotatable bonds is 3. The van der Waals surface area contributed by atoms with Gasteiger partial charge in [0, 0.05) is 24.9 Å². The number of ether oxygens (including phenoxy) is 1. The van der Waals surface area contributed by atoms with Gasteiger partial charge >= 0.3 is 6.09 Å². The molecular formula is C14H25NO4. The molecule has 2 N–H and O–H groups in total. The lowest BCUT2D eigenvalue weighted by Crippen LogP contribution is -2.57. The van der Waals surface area contributed by atoms with E-state index >= 15 is 0 Å². The fourth-order valence-electron chi connectivity index (χ4n) is 2.93. The van der Waals surface area contributed by atoms with Gasteiger partial charge in [0.1, 0.15) is 5.60 Å². The predicted octanol–water partition coefficient (Wildman–Crippen LogP) is 1.58. The van der Waals surface area contributed by atoms with Crippen LogP contribution in [0.5, 0.6) is 0 Å². The highest BCUT2D eigenvalue weighted by Gasteiger charge is 2.44. The molecule has 0 aromatic rings. The molecule has 1 atom stereocenters. The molecule has 5 nitrogen and oxygen atoms in total. The predicted molar refractivity (Wildman–Crippen MR) is 70.4 cm³/mol. The lowest BCUT2D eigenvalue weighted by atomic mass is 9.68. The van der Waals surface area contributed by atoms with E-state index in [4.69, 9.17) is 4.74 Å². The molecule has 110 valence electrons. The topological polar surface area (TPSA) is 70.0 Å². The van der Waals surface area contributed by atoms with Crippen molar-refractivity contribution in [1.82, 2.24) is 4.90 Å². The van der Waals surface area contributed by atoms with Crippen molar-refractivity contribution in [3.8, 4) is 0 Å². The molecule has 1 amide bonds. The van der Waals surface area contributed by atoms with E-state index in [0.717, 1.165) is 12.8 Å². The molecule has 19 heavy (non-hydrogen) atoms. The molecule has 1 saturated heterocycles. The summed E-state index contributed by atoms with van der Waals surface area (Å²) in [7, 11) is 0. The zero-order valence-corrected chi connectivity index (χ0v) is 12.0. The van der Waals surface area contributed by atoms with E-state index in [1.54, 1.807) is 4.90 Å². The molecular weight excluding hydrogens is 246 g/mol. The van der Waals surface area contributed by atoms with Gasteiger partial charge < -0.3 is 19.8 Å². The van der Waals surface area contributed by atoms with E-state index < -0.39 is 11.9 Å². The van der Waals surface area contributed by atoms with Crippen molar-refractivity contribution < 1.29 is 19.7 Å². The highest BCUT2D eigenvalue weighted by molar-refractivity contribution is 5.69. The molecule has 2 aliphatic rings. The minimum absolute atomic E-state index is 0.0903. The van der Waals surface area contributed by atoms with Crippen LogP contribution in [0.4, 0.5) is 4.79 Å². The highest BCUT2D eigenvalue weighted by Crippen LogP contribution is 2.41. The van der Waals surface area contributed by atoms with Gasteiger partial charge in [0.25, 0.3) is 0 Å². The van der Waals surface area contributed by atoms with Crippen LogP contribution in [0.2, 0.25) is 0 Å². The third-order valence-corrected chi connectivity index (χ3v) is 4.14. The zero-order chi connectivity index (χ0) is 14.2. The summed E-state index contributed by atoms with van der Waals surface area (Å²) in [5.41, 5.74) is -0.480. The average molecular weight is 271 g/mol. The van der Waals surface area contributed by atoms with Crippen LogP contribution >= 0.6 is 0 Å². The first kappa shape index (κ1) is 14.6. The Bertz CT molecular complexity index is 327. The summed E-state index contributed by atoms with van der Waals surface area (Å²) >= 11 is 0. The number of aliphatic hydroxyl groups is 2. The molecule has 1 saturated carbocycles. The number of nitrogens with zero attached hydrogens (tertiary/aromatic N) is 1. The molecule has 1 aliphatic carbocycles. The zero-order valence-electron chi connectivity index (χ0n) is 12.0. The molecule has 0 aromatic heterocycles. The maximum absolute atomic E-state index is 11.8. The Balaban J connectivity index is 1.82. The van der Waals surface area contributed by atoms with E-state index in [1.165, 1.54) is 6.42 Å². The number of likely N-dealkylation sites (tertiary alicyclic amines) is 1. The average Bonchev–Trinajstić information content (AvgIpc) is 2.07. The summed E-state index contributed by atoms with van der Waals surface area (Å²) < 4.78 is 5.29. The first-order valence-corrected chi connectivity index (χ1v) is 7.12. The van der Waals surface area contributed by atoms with Crippen LogP contribution in [0.1, 0.15) is 40.0 Å². The van der Waals surface area contributed by atoms with Gasteiger partial charge in [-0.15, -0.1) is 0 Å². The van der Waals surface area contributed by atoms with E-state index in [0.29, 0.717) is 19.0 Å². The Morgan fingerprint density at radius 2 is 1.79 bits per heavy atom. The van der Waals surface area contributed by atoms with E-state index in [9.17, 15) is 15.0 Å². The summed E-state index contributed by atoms with van der Waals surface area (Å²) in [6.07, 6.45) is 1.76. The van der Waals surface area contributed by atoms with Crippen LogP contribution < -0.4 is 0 Å². The molecule has 0 aromatic carbocycles. The Morgan fingerprint density at radius 1 is 1.21 bits per heavy atom. The van der Waals surface area contributed by atoms with Gasteiger partial charge in [0.2, 0.25) is 0 Å². The van der Waals surface area contributed by atoms with Crippen LogP contribution in [0, 0.1) is 17.8 Å². The molecule has 1 aliphatic heterocycles. The smallest absolute Gasteiger partial charge is 0.410 e. The number of amides is 1. The van der Waals surface area contributed by atoms with E-state index in [-0.39, 0.29) is 17.9 Å². The van der Waals surface area contributed by atoms with Gasteiger partial charge in [0.15, 0.2) is 6.29 Å². The second kappa shape index (κ2) is 5.29. The van der Waals surface area contributed by atoms with Gasteiger partial charge in [-0.2, -0.15) is 0 Å². The first-order valence-electron chi connectivity index (χ1n) is 7.12. The molecule has 1 heterocycles. The molecule has 2 fully saturated rings. The maximum Gasteiger partial charge on any atom is 0.410 e. The van der Waals surface area contributed by atoms with E-state index in [2.05, 4.69) is 0 Å². The first-order chi connectivity index (χ1) is 8.78. The summed E-state index contributed by atoms with van der Waals surface area (Å²) in [6.45, 7) is 6.69. The van der Waals surface area contributed by atoms with Crippen LogP contribution in [-0.2, 0) is 4.74 Å². The van der Waals surface area contributed by atoms with Crippen LogP contribution in [0.25, 0.3) is 0 Å². The van der Waals surface area contributed by atoms with Gasteiger partial charge in [-0.25, -0.2) is 4.79 Å². The fourth-order valence-corrected chi connectivity index (χ4v) is 2.93. The number of carbonyl (C=O) groups excluding carboxylic acids is 1. The Labute approximate surface area is 114 Å². The van der Waals surface area contributed by atoms with Crippen LogP contribution in [-0.4, -0.2) is 46.2 Å². The quantitative estimate of drug-likeness (QED) is 0.765. The second-order valence-corrected chi connectivity index (χ2v) is 6.83. The Hall–Kier alpha value is -0.810. The Morgan fingerprint density at radius 3 is 2.16 bits per heavy atom. The molecule has 1 unspecified atom stereocenters. The van der Waals surface area contributed by atoms with Gasteiger partial charge in [-0.3, -0.25) is 0 Å². The molecule has 0 bridgehead atoms. The molecule has 0 radical (unpaired) electrons. The van der Waals surface area contributed by atoms with Crippen LogP contribution in [0.3, 0.4) is 0 Å². The standard InChI is InChI=1S/C14H25NO4/c1-14(2,3)19-13(18)15-7-10(8-15)11(12(16)17)9-5-4-6-9/h9-12,16-17H,4-8H2,1-3H3. The van der Waals surface area contributed by atoms with Crippen molar-refractivity contribution in [3.63, 3.8) is 0 Å². The van der Waals surface area contributed by atoms with Crippen molar-refractivity contribution in [1.29, 1.82) is 0 Å². The van der Waals surface area contributed by atoms with Gasteiger partial charge in [-0.05, 0) is 39.5 Å². The van der Waals surface area contributed by atoms with Gasteiger partial charge in [0.05, 0.1) is 0 Å². The minimum Gasteiger partial charge on any atom is -0.444 e.